The van der Waals surface area contributed by atoms with E-state index in [2.05, 4.69) is 149 Å². The van der Waals surface area contributed by atoms with Gasteiger partial charge in [0.25, 0.3) is 0 Å². The SMILES string of the molecule is c1ccc(-n2c3ccc(-c4ccc(N(c5cccc6c5oc5ccccc56)c5cccc6c5oc5ccccc56)cc4)cc3c3c4ccccc4oc32)cc1. The number of hydrogen-bond acceptors (Lipinski definition) is 4. The minimum atomic E-state index is 0.825. The van der Waals surface area contributed by atoms with E-state index in [9.17, 15) is 0 Å². The molecular formula is C50H30N2O3. The van der Waals surface area contributed by atoms with Gasteiger partial charge < -0.3 is 18.2 Å². The van der Waals surface area contributed by atoms with Crippen LogP contribution in [0.3, 0.4) is 0 Å². The van der Waals surface area contributed by atoms with E-state index in [-0.39, 0.29) is 0 Å². The molecule has 0 amide bonds. The third-order valence-corrected chi connectivity index (χ3v) is 11.0. The number of para-hydroxylation sites is 6. The van der Waals surface area contributed by atoms with Crippen LogP contribution in [-0.4, -0.2) is 4.57 Å². The molecule has 0 spiro atoms. The molecule has 0 radical (unpaired) electrons. The van der Waals surface area contributed by atoms with E-state index in [4.69, 9.17) is 13.3 Å². The van der Waals surface area contributed by atoms with Crippen LogP contribution < -0.4 is 4.90 Å². The van der Waals surface area contributed by atoms with Gasteiger partial charge in [0, 0.05) is 43.7 Å². The van der Waals surface area contributed by atoms with Gasteiger partial charge in [0.15, 0.2) is 11.2 Å². The Labute approximate surface area is 314 Å². The Morgan fingerprint density at radius 3 is 1.55 bits per heavy atom. The summed E-state index contributed by atoms with van der Waals surface area (Å²) in [5, 5.41) is 7.71. The van der Waals surface area contributed by atoms with Crippen molar-refractivity contribution in [1.29, 1.82) is 0 Å². The Hall–Kier alpha value is -7.50. The van der Waals surface area contributed by atoms with Crippen molar-refractivity contribution in [2.24, 2.45) is 0 Å². The summed E-state index contributed by atoms with van der Waals surface area (Å²) < 4.78 is 22.0. The highest BCUT2D eigenvalue weighted by atomic mass is 16.3. The van der Waals surface area contributed by atoms with E-state index in [1.54, 1.807) is 0 Å². The highest BCUT2D eigenvalue weighted by Crippen LogP contribution is 2.46. The summed E-state index contributed by atoms with van der Waals surface area (Å²) in [6.07, 6.45) is 0. The fraction of sp³-hybridized carbons (Fsp3) is 0. The van der Waals surface area contributed by atoms with Gasteiger partial charge in [-0.1, -0.05) is 115 Å². The van der Waals surface area contributed by atoms with Crippen LogP contribution in [0, 0.1) is 0 Å². The highest BCUT2D eigenvalue weighted by molar-refractivity contribution is 6.20. The molecule has 0 aliphatic rings. The predicted molar refractivity (Wildman–Crippen MR) is 225 cm³/mol. The zero-order valence-corrected chi connectivity index (χ0v) is 29.4. The quantitative estimate of drug-likeness (QED) is 0.179. The molecule has 12 rings (SSSR count). The number of nitrogens with zero attached hydrogens (tertiary/aromatic N) is 2. The number of anilines is 3. The molecule has 0 saturated carbocycles. The second kappa shape index (κ2) is 11.5. The van der Waals surface area contributed by atoms with Crippen LogP contribution in [0.25, 0.3) is 93.7 Å². The monoisotopic (exact) mass is 706 g/mol. The normalized spacial score (nSPS) is 12.0. The lowest BCUT2D eigenvalue weighted by molar-refractivity contribution is 0.645. The lowest BCUT2D eigenvalue weighted by Crippen LogP contribution is -2.10. The van der Waals surface area contributed by atoms with E-state index in [0.29, 0.717) is 0 Å². The van der Waals surface area contributed by atoms with Gasteiger partial charge in [-0.05, 0) is 77.9 Å². The summed E-state index contributed by atoms with van der Waals surface area (Å²) in [5.41, 5.74) is 12.4. The van der Waals surface area contributed by atoms with Crippen LogP contribution >= 0.6 is 0 Å². The van der Waals surface area contributed by atoms with Gasteiger partial charge in [-0.15, -0.1) is 0 Å². The minimum Gasteiger partial charge on any atom is -0.454 e. The Balaban J connectivity index is 1.05. The second-order valence-corrected chi connectivity index (χ2v) is 14.1. The van der Waals surface area contributed by atoms with Crippen LogP contribution in [0.5, 0.6) is 0 Å². The van der Waals surface area contributed by atoms with Crippen molar-refractivity contribution in [2.75, 3.05) is 4.90 Å². The number of furan rings is 3. The molecule has 0 bridgehead atoms. The standard InChI is InChI=1S/C50H30N2O3/c1-2-12-33(13-3-1)52-41-29-26-32(30-40(41)47-39-16-6-9-23-46(39)55-50(47)52)31-24-27-34(28-25-31)51(42-19-10-17-37-35-14-4-7-21-44(35)53-48(37)42)43-20-11-18-38-36-15-5-8-22-45(36)54-49(38)43/h1-30H. The topological polar surface area (TPSA) is 47.6 Å². The molecule has 0 atom stereocenters. The number of benzene rings is 8. The molecule has 55 heavy (non-hydrogen) atoms. The maximum absolute atomic E-state index is 6.62. The third-order valence-electron chi connectivity index (χ3n) is 11.0. The fourth-order valence-electron chi connectivity index (χ4n) is 8.53. The van der Waals surface area contributed by atoms with Gasteiger partial charge >= 0.3 is 0 Å². The lowest BCUT2D eigenvalue weighted by Gasteiger charge is -2.25. The zero-order valence-electron chi connectivity index (χ0n) is 29.4. The van der Waals surface area contributed by atoms with Gasteiger partial charge in [0.1, 0.15) is 16.7 Å². The average Bonchev–Trinajstić information content (AvgIpc) is 4.00. The predicted octanol–water partition coefficient (Wildman–Crippen LogP) is 14.5. The average molecular weight is 707 g/mol. The minimum absolute atomic E-state index is 0.825. The third kappa shape index (κ3) is 4.41. The molecule has 0 fully saturated rings. The van der Waals surface area contributed by atoms with Crippen LogP contribution in [0.15, 0.2) is 195 Å². The van der Waals surface area contributed by atoms with Crippen molar-refractivity contribution in [3.63, 3.8) is 0 Å². The first-order chi connectivity index (χ1) is 27.3. The van der Waals surface area contributed by atoms with E-state index in [0.717, 1.165) is 111 Å². The van der Waals surface area contributed by atoms with Crippen molar-refractivity contribution in [3.8, 4) is 16.8 Å². The van der Waals surface area contributed by atoms with Crippen LogP contribution in [-0.2, 0) is 0 Å². The van der Waals surface area contributed by atoms with Gasteiger partial charge in [-0.25, -0.2) is 0 Å². The van der Waals surface area contributed by atoms with Crippen LogP contribution in [0.1, 0.15) is 0 Å². The smallest absolute Gasteiger partial charge is 0.213 e. The Morgan fingerprint density at radius 1 is 0.382 bits per heavy atom. The highest BCUT2D eigenvalue weighted by Gasteiger charge is 2.24. The second-order valence-electron chi connectivity index (χ2n) is 14.1. The first-order valence-corrected chi connectivity index (χ1v) is 18.5. The maximum Gasteiger partial charge on any atom is 0.213 e. The van der Waals surface area contributed by atoms with Gasteiger partial charge in [0.2, 0.25) is 5.71 Å². The Kier molecular flexibility index (Phi) is 6.27. The van der Waals surface area contributed by atoms with Gasteiger partial charge in [0.05, 0.1) is 22.3 Å². The molecule has 8 aromatic carbocycles. The van der Waals surface area contributed by atoms with Crippen molar-refractivity contribution >= 4 is 93.9 Å². The van der Waals surface area contributed by atoms with Crippen molar-refractivity contribution in [1.82, 2.24) is 4.57 Å². The number of hydrogen-bond donors (Lipinski definition) is 0. The molecule has 5 nitrogen and oxygen atoms in total. The molecule has 4 heterocycles. The maximum atomic E-state index is 6.62. The number of aromatic nitrogens is 1. The van der Waals surface area contributed by atoms with E-state index >= 15 is 0 Å². The Bertz CT molecular complexity index is 3320. The number of fused-ring (bicyclic) bond motifs is 11. The van der Waals surface area contributed by atoms with Crippen molar-refractivity contribution in [2.45, 2.75) is 0 Å². The summed E-state index contributed by atoms with van der Waals surface area (Å²) in [6, 6.07) is 63.5. The molecule has 0 N–H and O–H groups in total. The lowest BCUT2D eigenvalue weighted by atomic mass is 10.0. The molecule has 4 aromatic heterocycles. The summed E-state index contributed by atoms with van der Waals surface area (Å²) in [6.45, 7) is 0. The van der Waals surface area contributed by atoms with Crippen LogP contribution in [0.2, 0.25) is 0 Å². The zero-order chi connectivity index (χ0) is 36.0. The van der Waals surface area contributed by atoms with Gasteiger partial charge in [-0.2, -0.15) is 0 Å². The summed E-state index contributed by atoms with van der Waals surface area (Å²) >= 11 is 0. The molecule has 12 aromatic rings. The van der Waals surface area contributed by atoms with Crippen molar-refractivity contribution in [3.05, 3.63) is 182 Å². The summed E-state index contributed by atoms with van der Waals surface area (Å²) in [7, 11) is 0. The fourth-order valence-corrected chi connectivity index (χ4v) is 8.53. The number of rotatable bonds is 5. The first-order valence-electron chi connectivity index (χ1n) is 18.5. The first kappa shape index (κ1) is 30.0. The van der Waals surface area contributed by atoms with Crippen LogP contribution in [0.4, 0.5) is 17.1 Å². The molecule has 5 heteroatoms. The molecule has 0 saturated heterocycles. The van der Waals surface area contributed by atoms with E-state index in [1.807, 2.05) is 42.5 Å². The van der Waals surface area contributed by atoms with E-state index < -0.39 is 0 Å². The van der Waals surface area contributed by atoms with Gasteiger partial charge in [-0.3, -0.25) is 4.57 Å². The molecular weight excluding hydrogens is 677 g/mol. The summed E-state index contributed by atoms with van der Waals surface area (Å²) in [5.74, 6) is 0. The van der Waals surface area contributed by atoms with E-state index in [1.165, 1.54) is 0 Å². The molecule has 0 aliphatic carbocycles. The molecule has 0 aliphatic heterocycles. The Morgan fingerprint density at radius 2 is 0.909 bits per heavy atom. The van der Waals surface area contributed by atoms with Crippen molar-refractivity contribution < 1.29 is 13.3 Å². The summed E-state index contributed by atoms with van der Waals surface area (Å²) in [4.78, 5) is 2.27. The molecule has 0 unspecified atom stereocenters. The molecule has 258 valence electrons. The largest absolute Gasteiger partial charge is 0.454 e.